The van der Waals surface area contributed by atoms with Gasteiger partial charge in [-0.05, 0) is 18.9 Å². The number of rotatable bonds is 5. The number of amides is 4. The molecule has 29 heavy (non-hydrogen) atoms. The number of carbonyl (C=O) groups is 3. The fourth-order valence-corrected chi connectivity index (χ4v) is 3.66. The number of barbiturate groups is 1. The Morgan fingerprint density at radius 1 is 1.10 bits per heavy atom. The number of nitrogens with one attached hydrogen (secondary N) is 1. The molecule has 4 amide bonds. The van der Waals surface area contributed by atoms with Crippen molar-refractivity contribution in [2.75, 3.05) is 14.2 Å². The second-order valence-corrected chi connectivity index (χ2v) is 6.81. The molecule has 1 aromatic carbocycles. The number of nitro groups is 1. The number of ether oxygens (including phenoxy) is 2. The van der Waals surface area contributed by atoms with Gasteiger partial charge in [-0.2, -0.15) is 0 Å². The van der Waals surface area contributed by atoms with Crippen molar-refractivity contribution in [1.82, 2.24) is 10.2 Å². The molecular formula is C19H21N3O7. The summed E-state index contributed by atoms with van der Waals surface area (Å²) >= 11 is 0. The Balaban J connectivity index is 2.04. The monoisotopic (exact) mass is 403 g/mol. The zero-order valence-corrected chi connectivity index (χ0v) is 16.1. The molecule has 10 heteroatoms. The standard InChI is InChI=1S/C19H21N3O7/c1-28-15-10-16(29-2)14(22(26)27)9-11(15)8-13-17(23)20-19(25)21(18(13)24)12-6-4-3-5-7-12/h8-10,12H,3-7H2,1-2H3,(H,20,23,25). The summed E-state index contributed by atoms with van der Waals surface area (Å²) in [6.45, 7) is 0. The molecule has 1 saturated heterocycles. The highest BCUT2D eigenvalue weighted by Crippen LogP contribution is 2.36. The van der Waals surface area contributed by atoms with Crippen LogP contribution in [0.4, 0.5) is 10.5 Å². The highest BCUT2D eigenvalue weighted by atomic mass is 16.6. The topological polar surface area (TPSA) is 128 Å². The molecule has 2 fully saturated rings. The van der Waals surface area contributed by atoms with Crippen molar-refractivity contribution < 1.29 is 28.8 Å². The molecule has 154 valence electrons. The van der Waals surface area contributed by atoms with Gasteiger partial charge in [0.2, 0.25) is 5.75 Å². The molecule has 1 aliphatic heterocycles. The van der Waals surface area contributed by atoms with E-state index >= 15 is 0 Å². The van der Waals surface area contributed by atoms with E-state index in [0.717, 1.165) is 30.2 Å². The highest BCUT2D eigenvalue weighted by molar-refractivity contribution is 6.31. The average Bonchev–Trinajstić information content (AvgIpc) is 2.71. The number of urea groups is 1. The Bertz CT molecular complexity index is 903. The van der Waals surface area contributed by atoms with Gasteiger partial charge in [-0.1, -0.05) is 19.3 Å². The van der Waals surface area contributed by atoms with Gasteiger partial charge in [-0.3, -0.25) is 29.9 Å². The SMILES string of the molecule is COc1cc(OC)c([N+](=O)[O-])cc1C=C1C(=O)NC(=O)N(C2CCCCC2)C1=O. The normalized spacial score (nSPS) is 19.3. The number of imide groups is 2. The first kappa shape index (κ1) is 20.3. The fourth-order valence-electron chi connectivity index (χ4n) is 3.66. The van der Waals surface area contributed by atoms with Gasteiger partial charge in [0, 0.05) is 23.7 Å². The molecule has 1 N–H and O–H groups in total. The van der Waals surface area contributed by atoms with Gasteiger partial charge in [0.05, 0.1) is 19.1 Å². The second-order valence-electron chi connectivity index (χ2n) is 6.81. The summed E-state index contributed by atoms with van der Waals surface area (Å²) in [6.07, 6.45) is 5.38. The summed E-state index contributed by atoms with van der Waals surface area (Å²) in [5.74, 6) is -1.41. The first-order valence-corrected chi connectivity index (χ1v) is 9.18. The smallest absolute Gasteiger partial charge is 0.331 e. The summed E-state index contributed by atoms with van der Waals surface area (Å²) in [5.41, 5.74) is -0.478. The van der Waals surface area contributed by atoms with Gasteiger partial charge in [-0.15, -0.1) is 0 Å². The van der Waals surface area contributed by atoms with Crippen LogP contribution in [0.5, 0.6) is 11.5 Å². The number of carbonyl (C=O) groups excluding carboxylic acids is 3. The van der Waals surface area contributed by atoms with Gasteiger partial charge in [0.25, 0.3) is 11.8 Å². The van der Waals surface area contributed by atoms with Crippen molar-refractivity contribution in [3.05, 3.63) is 33.4 Å². The van der Waals surface area contributed by atoms with E-state index in [2.05, 4.69) is 5.32 Å². The van der Waals surface area contributed by atoms with Crippen molar-refractivity contribution in [3.8, 4) is 11.5 Å². The zero-order chi connectivity index (χ0) is 21.1. The van der Waals surface area contributed by atoms with Crippen LogP contribution in [0.1, 0.15) is 37.7 Å². The predicted octanol–water partition coefficient (Wildman–Crippen LogP) is 2.41. The molecule has 0 aromatic heterocycles. The first-order valence-electron chi connectivity index (χ1n) is 9.18. The molecule has 1 saturated carbocycles. The molecule has 0 bridgehead atoms. The van der Waals surface area contributed by atoms with Crippen LogP contribution in [-0.4, -0.2) is 47.9 Å². The van der Waals surface area contributed by atoms with Crippen LogP contribution in [0.3, 0.4) is 0 Å². The van der Waals surface area contributed by atoms with Gasteiger partial charge in [0.1, 0.15) is 11.3 Å². The lowest BCUT2D eigenvalue weighted by molar-refractivity contribution is -0.385. The van der Waals surface area contributed by atoms with E-state index in [1.165, 1.54) is 26.4 Å². The van der Waals surface area contributed by atoms with Crippen LogP contribution in [0.2, 0.25) is 0 Å². The van der Waals surface area contributed by atoms with Crippen LogP contribution in [0.25, 0.3) is 6.08 Å². The lowest BCUT2D eigenvalue weighted by Crippen LogP contribution is -2.58. The fraction of sp³-hybridized carbons (Fsp3) is 0.421. The van der Waals surface area contributed by atoms with Gasteiger partial charge in [0.15, 0.2) is 0 Å². The van der Waals surface area contributed by atoms with Crippen LogP contribution in [0.15, 0.2) is 17.7 Å². The number of methoxy groups -OCH3 is 2. The summed E-state index contributed by atoms with van der Waals surface area (Å²) in [7, 11) is 2.63. The van der Waals surface area contributed by atoms with Crippen LogP contribution < -0.4 is 14.8 Å². The molecule has 1 aliphatic carbocycles. The lowest BCUT2D eigenvalue weighted by Gasteiger charge is -2.35. The maximum Gasteiger partial charge on any atom is 0.331 e. The Hall–Kier alpha value is -3.43. The number of hydrogen-bond donors (Lipinski definition) is 1. The number of nitrogens with zero attached hydrogens (tertiary/aromatic N) is 2. The largest absolute Gasteiger partial charge is 0.496 e. The summed E-state index contributed by atoms with van der Waals surface area (Å²) in [5, 5.41) is 13.5. The average molecular weight is 403 g/mol. The Morgan fingerprint density at radius 2 is 1.76 bits per heavy atom. The van der Waals surface area contributed by atoms with Crippen molar-refractivity contribution in [2.45, 2.75) is 38.1 Å². The first-order chi connectivity index (χ1) is 13.9. The number of benzene rings is 1. The molecule has 0 radical (unpaired) electrons. The molecule has 1 heterocycles. The van der Waals surface area contributed by atoms with Gasteiger partial charge in [-0.25, -0.2) is 4.79 Å². The number of nitro benzene ring substituents is 1. The summed E-state index contributed by atoms with van der Waals surface area (Å²) in [4.78, 5) is 49.4. The van der Waals surface area contributed by atoms with Crippen LogP contribution in [0, 0.1) is 10.1 Å². The van der Waals surface area contributed by atoms with E-state index in [4.69, 9.17) is 9.47 Å². The third-order valence-electron chi connectivity index (χ3n) is 5.10. The quantitative estimate of drug-likeness (QED) is 0.346. The minimum atomic E-state index is -0.854. The maximum absolute atomic E-state index is 13.0. The maximum atomic E-state index is 13.0. The van der Waals surface area contributed by atoms with E-state index in [0.29, 0.717) is 12.8 Å². The Labute approximate surface area is 166 Å². The van der Waals surface area contributed by atoms with E-state index in [1.807, 2.05) is 0 Å². The lowest BCUT2D eigenvalue weighted by atomic mass is 9.93. The molecule has 0 unspecified atom stereocenters. The van der Waals surface area contributed by atoms with E-state index in [-0.39, 0.29) is 34.4 Å². The number of hydrogen-bond acceptors (Lipinski definition) is 7. The molecule has 2 aliphatic rings. The predicted molar refractivity (Wildman–Crippen MR) is 101 cm³/mol. The van der Waals surface area contributed by atoms with E-state index in [9.17, 15) is 24.5 Å². The zero-order valence-electron chi connectivity index (χ0n) is 16.1. The molecule has 0 atom stereocenters. The highest BCUT2D eigenvalue weighted by Gasteiger charge is 2.40. The van der Waals surface area contributed by atoms with Gasteiger partial charge >= 0.3 is 11.7 Å². The third kappa shape index (κ3) is 3.91. The minimum Gasteiger partial charge on any atom is -0.496 e. The van der Waals surface area contributed by atoms with Gasteiger partial charge < -0.3 is 9.47 Å². The summed E-state index contributed by atoms with van der Waals surface area (Å²) < 4.78 is 10.2. The van der Waals surface area contributed by atoms with E-state index < -0.39 is 22.8 Å². The van der Waals surface area contributed by atoms with Crippen molar-refractivity contribution in [3.63, 3.8) is 0 Å². The van der Waals surface area contributed by atoms with Crippen molar-refractivity contribution >= 4 is 29.6 Å². The molecule has 10 nitrogen and oxygen atoms in total. The van der Waals surface area contributed by atoms with Crippen LogP contribution in [-0.2, 0) is 9.59 Å². The molecule has 3 rings (SSSR count). The van der Waals surface area contributed by atoms with Crippen molar-refractivity contribution in [2.24, 2.45) is 0 Å². The van der Waals surface area contributed by atoms with Crippen molar-refractivity contribution in [1.29, 1.82) is 0 Å². The van der Waals surface area contributed by atoms with E-state index in [1.54, 1.807) is 0 Å². The third-order valence-corrected chi connectivity index (χ3v) is 5.10. The summed E-state index contributed by atoms with van der Waals surface area (Å²) in [6, 6.07) is 1.45. The Morgan fingerprint density at radius 3 is 2.34 bits per heavy atom. The second kappa shape index (κ2) is 8.29. The minimum absolute atomic E-state index is 0.0209. The van der Waals surface area contributed by atoms with Crippen LogP contribution >= 0.6 is 0 Å². The molecule has 0 spiro atoms. The molecular weight excluding hydrogens is 382 g/mol. The molecule has 1 aromatic rings. The Kier molecular flexibility index (Phi) is 5.81.